The van der Waals surface area contributed by atoms with E-state index in [0.29, 0.717) is 18.4 Å². The van der Waals surface area contributed by atoms with Crippen LogP contribution in [0.3, 0.4) is 0 Å². The Morgan fingerprint density at radius 1 is 1.38 bits per heavy atom. The summed E-state index contributed by atoms with van der Waals surface area (Å²) in [5, 5.41) is 9.10. The summed E-state index contributed by atoms with van der Waals surface area (Å²) in [5.41, 5.74) is 0.962. The van der Waals surface area contributed by atoms with Crippen molar-refractivity contribution in [3.8, 4) is 0 Å². The predicted octanol–water partition coefficient (Wildman–Crippen LogP) is 2.24. The third-order valence-electron chi connectivity index (χ3n) is 6.66. The fourth-order valence-electron chi connectivity index (χ4n) is 5.01. The molecule has 0 amide bonds. The quantitative estimate of drug-likeness (QED) is 0.332. The Labute approximate surface area is 170 Å². The van der Waals surface area contributed by atoms with Crippen molar-refractivity contribution in [3.05, 3.63) is 35.5 Å². The van der Waals surface area contributed by atoms with Crippen LogP contribution < -0.4 is 0 Å². The van der Waals surface area contributed by atoms with E-state index in [1.54, 1.807) is 6.92 Å². The number of aliphatic hydroxyl groups is 1. The molecule has 29 heavy (non-hydrogen) atoms. The molecule has 6 unspecified atom stereocenters. The number of esters is 3. The minimum Gasteiger partial charge on any atom is -0.461 e. The van der Waals surface area contributed by atoms with Gasteiger partial charge in [0.1, 0.15) is 18.3 Å². The Morgan fingerprint density at radius 3 is 2.69 bits per heavy atom. The number of ether oxygens (including phenoxy) is 3. The number of carbonyl (C=O) groups is 3. The highest BCUT2D eigenvalue weighted by molar-refractivity contribution is 5.91. The number of hydrogen-bond donors (Lipinski definition) is 1. The van der Waals surface area contributed by atoms with Crippen LogP contribution in [-0.2, 0) is 28.6 Å². The lowest BCUT2D eigenvalue weighted by Crippen LogP contribution is -2.62. The van der Waals surface area contributed by atoms with Crippen LogP contribution in [0.5, 0.6) is 0 Å². The second kappa shape index (κ2) is 7.78. The number of hydrogen-bond acceptors (Lipinski definition) is 7. The van der Waals surface area contributed by atoms with Gasteiger partial charge >= 0.3 is 17.9 Å². The van der Waals surface area contributed by atoms with E-state index in [4.69, 9.17) is 19.3 Å². The number of carbonyl (C=O) groups excluding carboxylic acids is 3. The average Bonchev–Trinajstić information content (AvgIpc) is 2.93. The molecular weight excluding hydrogens is 376 g/mol. The van der Waals surface area contributed by atoms with Gasteiger partial charge in [0.25, 0.3) is 0 Å². The first-order valence-electron chi connectivity index (χ1n) is 9.83. The van der Waals surface area contributed by atoms with Crippen molar-refractivity contribution in [2.45, 2.75) is 58.8 Å². The molecule has 1 aliphatic heterocycles. The van der Waals surface area contributed by atoms with Crippen LogP contribution in [0, 0.1) is 17.3 Å². The monoisotopic (exact) mass is 404 g/mol. The van der Waals surface area contributed by atoms with E-state index < -0.39 is 41.6 Å². The summed E-state index contributed by atoms with van der Waals surface area (Å²) in [5.74, 6) is -1.86. The van der Waals surface area contributed by atoms with Crippen LogP contribution in [0.1, 0.15) is 40.5 Å². The van der Waals surface area contributed by atoms with E-state index >= 15 is 0 Å². The average molecular weight is 404 g/mol. The molecule has 0 spiro atoms. The standard InChI is InChI=1S/C22H28O7/c1-11-6-7-17(27-14(4)24)22(5)16(11)10-15-13(3)21(26)28-18(15)19(22)29-20(25)12(2)8-9-23/h6,8,15-19,23H,3,7,9-10H2,1-2,4-5H3. The van der Waals surface area contributed by atoms with Gasteiger partial charge in [-0.25, -0.2) is 9.59 Å². The topological polar surface area (TPSA) is 99.1 Å². The Balaban J connectivity index is 2.07. The largest absolute Gasteiger partial charge is 0.461 e. The molecule has 0 aromatic heterocycles. The molecule has 1 heterocycles. The lowest BCUT2D eigenvalue weighted by molar-refractivity contribution is -0.208. The van der Waals surface area contributed by atoms with Gasteiger partial charge in [0.2, 0.25) is 0 Å². The molecule has 0 aromatic rings. The molecule has 0 bridgehead atoms. The third kappa shape index (κ3) is 3.52. The summed E-state index contributed by atoms with van der Waals surface area (Å²) in [4.78, 5) is 36.7. The molecule has 0 radical (unpaired) electrons. The predicted molar refractivity (Wildman–Crippen MR) is 103 cm³/mol. The van der Waals surface area contributed by atoms with E-state index in [9.17, 15) is 14.4 Å². The van der Waals surface area contributed by atoms with Crippen LogP contribution >= 0.6 is 0 Å². The highest BCUT2D eigenvalue weighted by atomic mass is 16.6. The fourth-order valence-corrected chi connectivity index (χ4v) is 5.01. The normalized spacial score (nSPS) is 36.5. The number of aliphatic hydroxyl groups excluding tert-OH is 1. The van der Waals surface area contributed by atoms with Gasteiger partial charge < -0.3 is 19.3 Å². The van der Waals surface area contributed by atoms with Gasteiger partial charge in [0.15, 0.2) is 0 Å². The van der Waals surface area contributed by atoms with Gasteiger partial charge in [-0.05, 0) is 32.3 Å². The van der Waals surface area contributed by atoms with Crippen molar-refractivity contribution in [2.75, 3.05) is 6.61 Å². The minimum atomic E-state index is -0.822. The summed E-state index contributed by atoms with van der Waals surface area (Å²) >= 11 is 0. The van der Waals surface area contributed by atoms with E-state index in [0.717, 1.165) is 5.57 Å². The summed E-state index contributed by atoms with van der Waals surface area (Å²) in [7, 11) is 0. The molecule has 1 saturated carbocycles. The van der Waals surface area contributed by atoms with E-state index in [-0.39, 0.29) is 24.0 Å². The van der Waals surface area contributed by atoms with Gasteiger partial charge in [0.05, 0.1) is 12.0 Å². The van der Waals surface area contributed by atoms with Gasteiger partial charge in [-0.2, -0.15) is 0 Å². The zero-order valence-corrected chi connectivity index (χ0v) is 17.3. The van der Waals surface area contributed by atoms with Crippen LogP contribution in [0.4, 0.5) is 0 Å². The lowest BCUT2D eigenvalue weighted by atomic mass is 9.54. The minimum absolute atomic E-state index is 0.0759. The van der Waals surface area contributed by atoms with Crippen LogP contribution in [0.15, 0.2) is 35.5 Å². The molecule has 6 atom stereocenters. The van der Waals surface area contributed by atoms with Crippen LogP contribution in [-0.4, -0.2) is 47.9 Å². The first kappa shape index (κ1) is 21.3. The molecular formula is C22H28O7. The molecule has 3 rings (SSSR count). The maximum atomic E-state index is 12.7. The molecule has 7 nitrogen and oxygen atoms in total. The second-order valence-corrected chi connectivity index (χ2v) is 8.33. The zero-order valence-electron chi connectivity index (χ0n) is 17.3. The molecule has 3 aliphatic rings. The SMILES string of the molecule is C=C1C(=O)OC2C1CC1C(C)=CCC(OC(C)=O)C1(C)C2OC(=O)C(C)=CCO. The Kier molecular flexibility index (Phi) is 5.72. The van der Waals surface area contributed by atoms with Crippen molar-refractivity contribution >= 4 is 17.9 Å². The van der Waals surface area contributed by atoms with Gasteiger partial charge in [-0.15, -0.1) is 0 Å². The Hall–Kier alpha value is -2.41. The molecule has 2 fully saturated rings. The van der Waals surface area contributed by atoms with Gasteiger partial charge in [-0.3, -0.25) is 4.79 Å². The molecule has 1 saturated heterocycles. The number of fused-ring (bicyclic) bond motifs is 2. The molecule has 0 aromatic carbocycles. The zero-order chi connectivity index (χ0) is 21.5. The smallest absolute Gasteiger partial charge is 0.334 e. The fraction of sp³-hybridized carbons (Fsp3) is 0.591. The lowest BCUT2D eigenvalue weighted by Gasteiger charge is -2.55. The van der Waals surface area contributed by atoms with Crippen molar-refractivity contribution in [1.29, 1.82) is 0 Å². The van der Waals surface area contributed by atoms with E-state index in [2.05, 4.69) is 6.58 Å². The summed E-state index contributed by atoms with van der Waals surface area (Å²) < 4.78 is 17.1. The van der Waals surface area contributed by atoms with E-state index in [1.807, 2.05) is 19.9 Å². The molecule has 158 valence electrons. The highest BCUT2D eigenvalue weighted by Crippen LogP contribution is 2.57. The van der Waals surface area contributed by atoms with Crippen LogP contribution in [0.25, 0.3) is 0 Å². The van der Waals surface area contributed by atoms with Crippen molar-refractivity contribution < 1.29 is 33.7 Å². The van der Waals surface area contributed by atoms with Crippen molar-refractivity contribution in [1.82, 2.24) is 0 Å². The summed E-state index contributed by atoms with van der Waals surface area (Å²) in [6.45, 7) is 10.4. The maximum Gasteiger partial charge on any atom is 0.334 e. The Morgan fingerprint density at radius 2 is 2.07 bits per heavy atom. The first-order valence-corrected chi connectivity index (χ1v) is 9.83. The number of rotatable bonds is 4. The van der Waals surface area contributed by atoms with Gasteiger partial charge in [-0.1, -0.05) is 25.2 Å². The third-order valence-corrected chi connectivity index (χ3v) is 6.66. The molecule has 2 aliphatic carbocycles. The molecule has 7 heteroatoms. The Bertz CT molecular complexity index is 808. The highest BCUT2D eigenvalue weighted by Gasteiger charge is 2.64. The van der Waals surface area contributed by atoms with Gasteiger partial charge in [0, 0.05) is 30.4 Å². The second-order valence-electron chi connectivity index (χ2n) is 8.33. The maximum absolute atomic E-state index is 12.7. The van der Waals surface area contributed by atoms with Crippen molar-refractivity contribution in [3.63, 3.8) is 0 Å². The number of allylic oxidation sites excluding steroid dienone is 1. The first-order chi connectivity index (χ1) is 13.6. The summed E-state index contributed by atoms with van der Waals surface area (Å²) in [6, 6.07) is 0. The van der Waals surface area contributed by atoms with Crippen molar-refractivity contribution in [2.24, 2.45) is 17.3 Å². The summed E-state index contributed by atoms with van der Waals surface area (Å²) in [6.07, 6.45) is 2.45. The molecule has 1 N–H and O–H groups in total. The van der Waals surface area contributed by atoms with E-state index in [1.165, 1.54) is 13.0 Å². The van der Waals surface area contributed by atoms with Crippen LogP contribution in [0.2, 0.25) is 0 Å².